The highest BCUT2D eigenvalue weighted by Gasteiger charge is 2.42. The number of benzene rings is 3. The molecule has 6 rings (SSSR count). The molecule has 6 heteroatoms. The average Bonchev–Trinajstić information content (AvgIpc) is 2.92. The van der Waals surface area contributed by atoms with E-state index in [4.69, 9.17) is 0 Å². The third-order valence-corrected chi connectivity index (χ3v) is 7.22. The fourth-order valence-electron chi connectivity index (χ4n) is 5.30. The lowest BCUT2D eigenvalue weighted by Crippen LogP contribution is -2.66. The van der Waals surface area contributed by atoms with Crippen molar-refractivity contribution in [3.8, 4) is 11.1 Å². The number of pyridine rings is 1. The summed E-state index contributed by atoms with van der Waals surface area (Å²) in [5.74, 6) is 0.0751. The second kappa shape index (κ2) is 9.55. The third-order valence-electron chi connectivity index (χ3n) is 7.22. The maximum Gasteiger partial charge on any atom is 0.247 e. The van der Waals surface area contributed by atoms with Crippen LogP contribution in [0.2, 0.25) is 0 Å². The first kappa shape index (κ1) is 22.4. The molecule has 2 amide bonds. The molecule has 1 aromatic heterocycles. The standard InChI is InChI=1S/C30H28N4O2/c35-29-21-33(19-22-8-11-25(12-9-22)24-5-2-1-3-6-24)30(36)28-20-32(15-16-34(28)29)18-23-10-13-27-26(17-23)7-4-14-31-27/h1-14,17,28H,15-16,18-21H2. The first-order valence-electron chi connectivity index (χ1n) is 12.4. The number of nitrogens with zero attached hydrogens (tertiary/aromatic N) is 4. The molecule has 0 radical (unpaired) electrons. The summed E-state index contributed by atoms with van der Waals surface area (Å²) in [6.07, 6.45) is 1.80. The van der Waals surface area contributed by atoms with Crippen molar-refractivity contribution in [2.75, 3.05) is 26.2 Å². The van der Waals surface area contributed by atoms with Gasteiger partial charge in [-0.1, -0.05) is 66.7 Å². The first-order valence-corrected chi connectivity index (χ1v) is 12.4. The zero-order chi connectivity index (χ0) is 24.5. The van der Waals surface area contributed by atoms with E-state index in [2.05, 4.69) is 52.3 Å². The van der Waals surface area contributed by atoms with E-state index in [0.717, 1.165) is 40.7 Å². The predicted octanol–water partition coefficient (Wildman–Crippen LogP) is 3.96. The Hall–Kier alpha value is -4.03. The van der Waals surface area contributed by atoms with Gasteiger partial charge >= 0.3 is 0 Å². The van der Waals surface area contributed by atoms with Crippen molar-refractivity contribution in [3.05, 3.63) is 102 Å². The van der Waals surface area contributed by atoms with Gasteiger partial charge in [0.1, 0.15) is 12.6 Å². The fraction of sp³-hybridized carbons (Fsp3) is 0.233. The highest BCUT2D eigenvalue weighted by Crippen LogP contribution is 2.24. The number of carbonyl (C=O) groups excluding carboxylic acids is 2. The highest BCUT2D eigenvalue weighted by molar-refractivity contribution is 5.95. The van der Waals surface area contributed by atoms with Crippen LogP contribution in [0, 0.1) is 0 Å². The Morgan fingerprint density at radius 1 is 0.778 bits per heavy atom. The lowest BCUT2D eigenvalue weighted by atomic mass is 10.0. The van der Waals surface area contributed by atoms with Crippen LogP contribution in [0.4, 0.5) is 0 Å². The molecule has 1 unspecified atom stereocenters. The van der Waals surface area contributed by atoms with Crippen molar-refractivity contribution in [2.45, 2.75) is 19.1 Å². The molecule has 0 aliphatic carbocycles. The maximum absolute atomic E-state index is 13.5. The van der Waals surface area contributed by atoms with Gasteiger partial charge in [-0.3, -0.25) is 19.5 Å². The minimum absolute atomic E-state index is 0.0362. The second-order valence-corrected chi connectivity index (χ2v) is 9.63. The van der Waals surface area contributed by atoms with Gasteiger partial charge in [-0.15, -0.1) is 0 Å². The summed E-state index contributed by atoms with van der Waals surface area (Å²) in [6.45, 7) is 3.25. The van der Waals surface area contributed by atoms with E-state index >= 15 is 0 Å². The zero-order valence-corrected chi connectivity index (χ0v) is 20.1. The molecule has 180 valence electrons. The zero-order valence-electron chi connectivity index (χ0n) is 20.1. The minimum Gasteiger partial charge on any atom is -0.327 e. The molecule has 0 spiro atoms. The number of rotatable bonds is 5. The van der Waals surface area contributed by atoms with Crippen LogP contribution in [0.15, 0.2) is 91.1 Å². The second-order valence-electron chi connectivity index (χ2n) is 9.63. The highest BCUT2D eigenvalue weighted by atomic mass is 16.2. The normalized spacial score (nSPS) is 18.5. The lowest BCUT2D eigenvalue weighted by molar-refractivity contribution is -0.160. The van der Waals surface area contributed by atoms with Crippen LogP contribution >= 0.6 is 0 Å². The molecule has 2 fully saturated rings. The van der Waals surface area contributed by atoms with E-state index in [-0.39, 0.29) is 18.4 Å². The largest absolute Gasteiger partial charge is 0.327 e. The molecule has 3 heterocycles. The number of amides is 2. The van der Waals surface area contributed by atoms with Crippen LogP contribution in [-0.4, -0.2) is 63.7 Å². The molecule has 2 saturated heterocycles. The Bertz CT molecular complexity index is 1400. The van der Waals surface area contributed by atoms with Gasteiger partial charge in [0.05, 0.1) is 5.52 Å². The summed E-state index contributed by atoms with van der Waals surface area (Å²) < 4.78 is 0. The molecule has 3 aromatic carbocycles. The van der Waals surface area contributed by atoms with E-state index in [1.807, 2.05) is 42.5 Å². The Balaban J connectivity index is 1.14. The van der Waals surface area contributed by atoms with E-state index in [0.29, 0.717) is 19.6 Å². The molecule has 6 nitrogen and oxygen atoms in total. The Morgan fingerprint density at radius 3 is 2.39 bits per heavy atom. The molecule has 36 heavy (non-hydrogen) atoms. The van der Waals surface area contributed by atoms with Gasteiger partial charge in [0.25, 0.3) is 0 Å². The van der Waals surface area contributed by atoms with E-state index in [9.17, 15) is 9.59 Å². The molecule has 1 atom stereocenters. The van der Waals surface area contributed by atoms with Crippen LogP contribution < -0.4 is 0 Å². The summed E-state index contributed by atoms with van der Waals surface area (Å²) in [6, 6.07) is 28.4. The van der Waals surface area contributed by atoms with Gasteiger partial charge in [0.2, 0.25) is 11.8 Å². The van der Waals surface area contributed by atoms with Gasteiger partial charge in [-0.25, -0.2) is 0 Å². The smallest absolute Gasteiger partial charge is 0.247 e. The number of hydrogen-bond acceptors (Lipinski definition) is 4. The van der Waals surface area contributed by atoms with Gasteiger partial charge in [0, 0.05) is 44.3 Å². The number of fused-ring (bicyclic) bond motifs is 2. The van der Waals surface area contributed by atoms with Gasteiger partial charge in [0.15, 0.2) is 0 Å². The number of carbonyl (C=O) groups is 2. The van der Waals surface area contributed by atoms with Crippen LogP contribution in [0.3, 0.4) is 0 Å². The molecule has 2 aliphatic rings. The van der Waals surface area contributed by atoms with Crippen LogP contribution in [0.1, 0.15) is 11.1 Å². The summed E-state index contributed by atoms with van der Waals surface area (Å²) in [5, 5.41) is 1.11. The van der Waals surface area contributed by atoms with Crippen molar-refractivity contribution < 1.29 is 9.59 Å². The summed E-state index contributed by atoms with van der Waals surface area (Å²) in [5.41, 5.74) is 5.50. The quantitative estimate of drug-likeness (QED) is 0.438. The molecule has 2 aliphatic heterocycles. The maximum atomic E-state index is 13.5. The number of hydrogen-bond donors (Lipinski definition) is 0. The van der Waals surface area contributed by atoms with Crippen molar-refractivity contribution >= 4 is 22.7 Å². The van der Waals surface area contributed by atoms with Crippen LogP contribution in [0.5, 0.6) is 0 Å². The summed E-state index contributed by atoms with van der Waals surface area (Å²) >= 11 is 0. The lowest BCUT2D eigenvalue weighted by Gasteiger charge is -2.46. The molecule has 0 bridgehead atoms. The predicted molar refractivity (Wildman–Crippen MR) is 140 cm³/mol. The molecule has 0 saturated carbocycles. The Kier molecular flexibility index (Phi) is 5.95. The number of aromatic nitrogens is 1. The topological polar surface area (TPSA) is 56.8 Å². The molecule has 4 aromatic rings. The Labute approximate surface area is 210 Å². The van der Waals surface area contributed by atoms with E-state index < -0.39 is 6.04 Å². The average molecular weight is 477 g/mol. The first-order chi connectivity index (χ1) is 17.6. The van der Waals surface area contributed by atoms with Crippen molar-refractivity contribution in [1.82, 2.24) is 19.7 Å². The summed E-state index contributed by atoms with van der Waals surface area (Å²) in [7, 11) is 0. The van der Waals surface area contributed by atoms with Gasteiger partial charge in [-0.05, 0) is 40.5 Å². The Morgan fingerprint density at radius 2 is 1.56 bits per heavy atom. The number of piperazine rings is 2. The van der Waals surface area contributed by atoms with E-state index in [1.54, 1.807) is 16.0 Å². The van der Waals surface area contributed by atoms with Gasteiger partial charge < -0.3 is 9.80 Å². The molecular weight excluding hydrogens is 448 g/mol. The summed E-state index contributed by atoms with van der Waals surface area (Å²) in [4.78, 5) is 36.6. The molecular formula is C30H28N4O2. The SMILES string of the molecule is O=C1C2CN(Cc3ccc4ncccc4c3)CCN2C(=O)CN1Cc1ccc(-c2ccccc2)cc1. The fourth-order valence-corrected chi connectivity index (χ4v) is 5.30. The third kappa shape index (κ3) is 4.48. The van der Waals surface area contributed by atoms with Crippen molar-refractivity contribution in [3.63, 3.8) is 0 Å². The molecule has 0 N–H and O–H groups in total. The van der Waals surface area contributed by atoms with E-state index in [1.165, 1.54) is 5.56 Å². The monoisotopic (exact) mass is 476 g/mol. The van der Waals surface area contributed by atoms with Crippen molar-refractivity contribution in [1.29, 1.82) is 0 Å². The van der Waals surface area contributed by atoms with Crippen LogP contribution in [0.25, 0.3) is 22.0 Å². The van der Waals surface area contributed by atoms with Crippen molar-refractivity contribution in [2.24, 2.45) is 0 Å². The minimum atomic E-state index is -0.425. The van der Waals surface area contributed by atoms with Gasteiger partial charge in [-0.2, -0.15) is 0 Å². The van der Waals surface area contributed by atoms with Crippen LogP contribution in [-0.2, 0) is 22.7 Å².